The second-order valence-electron chi connectivity index (χ2n) is 4.76. The zero-order valence-electron chi connectivity index (χ0n) is 12.0. The summed E-state index contributed by atoms with van der Waals surface area (Å²) in [7, 11) is 0. The number of halogens is 1. The molecule has 0 bridgehead atoms. The van der Waals surface area contributed by atoms with Crippen molar-refractivity contribution in [2.45, 2.75) is 32.7 Å². The molecule has 1 aromatic carbocycles. The van der Waals surface area contributed by atoms with Crippen LogP contribution >= 0.6 is 11.6 Å². The van der Waals surface area contributed by atoms with Gasteiger partial charge in [-0.15, -0.1) is 0 Å². The molecule has 1 N–H and O–H groups in total. The topological polar surface area (TPSA) is 64.3 Å². The fourth-order valence-electron chi connectivity index (χ4n) is 2.27. The largest absolute Gasteiger partial charge is 0.481 e. The van der Waals surface area contributed by atoms with Crippen molar-refractivity contribution in [3.8, 4) is 0 Å². The highest BCUT2D eigenvalue weighted by molar-refractivity contribution is 6.31. The van der Waals surface area contributed by atoms with E-state index in [2.05, 4.69) is 4.98 Å². The number of benzene rings is 1. The van der Waals surface area contributed by atoms with Crippen molar-refractivity contribution in [2.75, 3.05) is 13.2 Å². The van der Waals surface area contributed by atoms with Gasteiger partial charge < -0.3 is 14.4 Å². The summed E-state index contributed by atoms with van der Waals surface area (Å²) in [6.07, 6.45) is 1.34. The van der Waals surface area contributed by atoms with Crippen LogP contribution in [0.15, 0.2) is 18.2 Å². The number of aliphatic carboxylic acids is 1. The van der Waals surface area contributed by atoms with Crippen molar-refractivity contribution in [2.24, 2.45) is 0 Å². The molecule has 0 saturated carbocycles. The van der Waals surface area contributed by atoms with Gasteiger partial charge in [0.1, 0.15) is 5.82 Å². The standard InChI is InChI=1S/C15H19ClN2O3/c1-2-21-9-3-8-18-13-10-11(16)4-5-12(13)17-14(18)6-7-15(19)20/h4-5,10H,2-3,6-9H2,1H3,(H,19,20). The lowest BCUT2D eigenvalue weighted by molar-refractivity contribution is -0.137. The molecule has 21 heavy (non-hydrogen) atoms. The zero-order chi connectivity index (χ0) is 15.2. The van der Waals surface area contributed by atoms with Crippen molar-refractivity contribution in [3.05, 3.63) is 29.0 Å². The molecule has 0 atom stereocenters. The Bertz CT molecular complexity index is 625. The van der Waals surface area contributed by atoms with Gasteiger partial charge in [-0.05, 0) is 31.5 Å². The number of fused-ring (bicyclic) bond motifs is 1. The quantitative estimate of drug-likeness (QED) is 0.761. The molecule has 0 saturated heterocycles. The smallest absolute Gasteiger partial charge is 0.303 e. The second-order valence-corrected chi connectivity index (χ2v) is 5.19. The molecule has 0 aliphatic carbocycles. The summed E-state index contributed by atoms with van der Waals surface area (Å²) in [5.41, 5.74) is 1.79. The van der Waals surface area contributed by atoms with Gasteiger partial charge in [0.2, 0.25) is 0 Å². The van der Waals surface area contributed by atoms with E-state index in [-0.39, 0.29) is 6.42 Å². The number of carboxylic acid groups (broad SMARTS) is 1. The molecule has 2 rings (SSSR count). The van der Waals surface area contributed by atoms with Gasteiger partial charge in [0, 0.05) is 31.2 Å². The Morgan fingerprint density at radius 3 is 3.00 bits per heavy atom. The molecule has 0 unspecified atom stereocenters. The predicted molar refractivity (Wildman–Crippen MR) is 81.8 cm³/mol. The summed E-state index contributed by atoms with van der Waals surface area (Å²) in [4.78, 5) is 15.3. The monoisotopic (exact) mass is 310 g/mol. The molecule has 5 nitrogen and oxygen atoms in total. The maximum atomic E-state index is 10.8. The van der Waals surface area contributed by atoms with Gasteiger partial charge in [-0.1, -0.05) is 11.6 Å². The van der Waals surface area contributed by atoms with Crippen molar-refractivity contribution < 1.29 is 14.6 Å². The molecule has 2 aromatic rings. The SMILES string of the molecule is CCOCCCn1c(CCC(=O)O)nc2ccc(Cl)cc21. The molecule has 0 fully saturated rings. The maximum absolute atomic E-state index is 10.8. The minimum atomic E-state index is -0.819. The minimum absolute atomic E-state index is 0.0719. The Balaban J connectivity index is 2.24. The Kier molecular flexibility index (Phi) is 5.59. The van der Waals surface area contributed by atoms with Crippen LogP contribution in [0.2, 0.25) is 5.02 Å². The van der Waals surface area contributed by atoms with E-state index < -0.39 is 5.97 Å². The summed E-state index contributed by atoms with van der Waals surface area (Å²) in [5, 5.41) is 9.50. The molecular weight excluding hydrogens is 292 g/mol. The summed E-state index contributed by atoms with van der Waals surface area (Å²) in [5.74, 6) is -0.0351. The van der Waals surface area contributed by atoms with Gasteiger partial charge in [-0.2, -0.15) is 0 Å². The van der Waals surface area contributed by atoms with Crippen LogP contribution in [-0.4, -0.2) is 33.8 Å². The van der Waals surface area contributed by atoms with Crippen molar-refractivity contribution in [1.82, 2.24) is 9.55 Å². The molecule has 0 aliphatic rings. The lowest BCUT2D eigenvalue weighted by atomic mass is 10.3. The van der Waals surface area contributed by atoms with E-state index in [0.717, 1.165) is 29.8 Å². The van der Waals surface area contributed by atoms with Gasteiger partial charge >= 0.3 is 5.97 Å². The normalized spacial score (nSPS) is 11.1. The molecule has 0 amide bonds. The number of imidazole rings is 1. The lowest BCUT2D eigenvalue weighted by Crippen LogP contribution is -2.08. The summed E-state index contributed by atoms with van der Waals surface area (Å²) < 4.78 is 7.40. The third-order valence-electron chi connectivity index (χ3n) is 3.23. The van der Waals surface area contributed by atoms with Crippen molar-refractivity contribution in [1.29, 1.82) is 0 Å². The second kappa shape index (κ2) is 7.43. The van der Waals surface area contributed by atoms with Gasteiger partial charge in [0.25, 0.3) is 0 Å². The van der Waals surface area contributed by atoms with E-state index in [4.69, 9.17) is 21.4 Å². The summed E-state index contributed by atoms with van der Waals surface area (Å²) in [6, 6.07) is 5.53. The van der Waals surface area contributed by atoms with E-state index >= 15 is 0 Å². The minimum Gasteiger partial charge on any atom is -0.481 e. The van der Waals surface area contributed by atoms with E-state index in [1.54, 1.807) is 6.07 Å². The molecule has 1 aromatic heterocycles. The number of carbonyl (C=O) groups is 1. The Labute approximate surface area is 128 Å². The average Bonchev–Trinajstić information content (AvgIpc) is 2.78. The fraction of sp³-hybridized carbons (Fsp3) is 0.467. The van der Waals surface area contributed by atoms with E-state index in [1.165, 1.54) is 0 Å². The molecule has 0 aliphatic heterocycles. The molecule has 0 radical (unpaired) electrons. The maximum Gasteiger partial charge on any atom is 0.303 e. The highest BCUT2D eigenvalue weighted by Crippen LogP contribution is 2.22. The van der Waals surface area contributed by atoms with Crippen LogP contribution in [0.4, 0.5) is 0 Å². The number of aryl methyl sites for hydroxylation is 2. The number of rotatable bonds is 8. The van der Waals surface area contributed by atoms with Crippen molar-refractivity contribution in [3.63, 3.8) is 0 Å². The number of aromatic nitrogens is 2. The number of ether oxygens (including phenoxy) is 1. The van der Waals surface area contributed by atoms with Gasteiger partial charge in [0.05, 0.1) is 17.5 Å². The van der Waals surface area contributed by atoms with Crippen LogP contribution < -0.4 is 0 Å². The third-order valence-corrected chi connectivity index (χ3v) is 3.46. The highest BCUT2D eigenvalue weighted by Gasteiger charge is 2.12. The van der Waals surface area contributed by atoms with Crippen molar-refractivity contribution >= 4 is 28.6 Å². The van der Waals surface area contributed by atoms with Gasteiger partial charge in [-0.3, -0.25) is 4.79 Å². The first kappa shape index (κ1) is 15.8. The summed E-state index contributed by atoms with van der Waals surface area (Å²) in [6.45, 7) is 4.08. The lowest BCUT2D eigenvalue weighted by Gasteiger charge is -2.09. The first-order valence-corrected chi connectivity index (χ1v) is 7.43. The Morgan fingerprint density at radius 2 is 2.29 bits per heavy atom. The zero-order valence-corrected chi connectivity index (χ0v) is 12.8. The molecule has 114 valence electrons. The van der Waals surface area contributed by atoms with E-state index in [1.807, 2.05) is 23.6 Å². The number of nitrogens with zero attached hydrogens (tertiary/aromatic N) is 2. The highest BCUT2D eigenvalue weighted by atomic mass is 35.5. The summed E-state index contributed by atoms with van der Waals surface area (Å²) >= 11 is 6.05. The van der Waals surface area contributed by atoms with E-state index in [0.29, 0.717) is 24.7 Å². The Hall–Kier alpha value is -1.59. The van der Waals surface area contributed by atoms with Crippen LogP contribution in [-0.2, 0) is 22.5 Å². The van der Waals surface area contributed by atoms with Crippen LogP contribution in [0.5, 0.6) is 0 Å². The van der Waals surface area contributed by atoms with Crippen LogP contribution in [0, 0.1) is 0 Å². The Morgan fingerprint density at radius 1 is 1.48 bits per heavy atom. The first-order valence-electron chi connectivity index (χ1n) is 7.06. The predicted octanol–water partition coefficient (Wildman–Crippen LogP) is 3.13. The van der Waals surface area contributed by atoms with E-state index in [9.17, 15) is 4.79 Å². The molecule has 1 heterocycles. The molecular formula is C15H19ClN2O3. The fourth-order valence-corrected chi connectivity index (χ4v) is 2.44. The first-order chi connectivity index (χ1) is 10.1. The average molecular weight is 311 g/mol. The van der Waals surface area contributed by atoms with Crippen LogP contribution in [0.3, 0.4) is 0 Å². The van der Waals surface area contributed by atoms with Crippen LogP contribution in [0.25, 0.3) is 11.0 Å². The van der Waals surface area contributed by atoms with Gasteiger partial charge in [0.15, 0.2) is 0 Å². The third kappa shape index (κ3) is 4.19. The number of hydrogen-bond donors (Lipinski definition) is 1. The molecule has 0 spiro atoms. The van der Waals surface area contributed by atoms with Crippen LogP contribution in [0.1, 0.15) is 25.6 Å². The van der Waals surface area contributed by atoms with Gasteiger partial charge in [-0.25, -0.2) is 4.98 Å². The number of hydrogen-bond acceptors (Lipinski definition) is 3. The number of carboxylic acids is 1. The molecule has 6 heteroatoms.